The third kappa shape index (κ3) is 5.66. The van der Waals surface area contributed by atoms with Gasteiger partial charge in [-0.1, -0.05) is 41.5 Å². The van der Waals surface area contributed by atoms with Crippen molar-refractivity contribution in [2.75, 3.05) is 26.2 Å². The summed E-state index contributed by atoms with van der Waals surface area (Å²) in [7, 11) is -3.85. The number of nitrogens with zero attached hydrogens (tertiary/aromatic N) is 2. The van der Waals surface area contributed by atoms with Gasteiger partial charge in [0.25, 0.3) is 0 Å². The monoisotopic (exact) mass is 510 g/mol. The summed E-state index contributed by atoms with van der Waals surface area (Å²) >= 11 is 1.68. The third-order valence-corrected chi connectivity index (χ3v) is 8.97. The van der Waals surface area contributed by atoms with Gasteiger partial charge in [-0.3, -0.25) is 4.79 Å². The van der Waals surface area contributed by atoms with Gasteiger partial charge in [-0.25, -0.2) is 8.42 Å². The van der Waals surface area contributed by atoms with Gasteiger partial charge in [-0.05, 0) is 61.5 Å². The van der Waals surface area contributed by atoms with Gasteiger partial charge in [0.15, 0.2) is 0 Å². The number of carbonyl (C=O) groups is 1. The first-order chi connectivity index (χ1) is 16.8. The highest BCUT2D eigenvalue weighted by Gasteiger charge is 2.35. The van der Waals surface area contributed by atoms with Crippen LogP contribution in [0.15, 0.2) is 77.5 Å². The van der Waals surface area contributed by atoms with Crippen molar-refractivity contribution in [3.05, 3.63) is 94.2 Å². The number of fused-ring (bicyclic) bond motifs is 1. The largest absolute Gasteiger partial charge is 0.491 e. The van der Waals surface area contributed by atoms with Gasteiger partial charge in [0, 0.05) is 18.0 Å². The Morgan fingerprint density at radius 3 is 2.43 bits per heavy atom. The summed E-state index contributed by atoms with van der Waals surface area (Å²) in [5.74, 6) is 0.484. The average Bonchev–Trinajstić information content (AvgIpc) is 3.32. The molecule has 1 aliphatic rings. The molecule has 0 radical (unpaired) electrons. The third-order valence-electron chi connectivity index (χ3n) is 6.15. The second-order valence-electron chi connectivity index (χ2n) is 8.68. The minimum Gasteiger partial charge on any atom is -0.491 e. The Hall–Kier alpha value is -2.94. The predicted octanol–water partition coefficient (Wildman–Crippen LogP) is 4.75. The van der Waals surface area contributed by atoms with Crippen molar-refractivity contribution in [2.45, 2.75) is 31.2 Å². The molecule has 6 nitrogen and oxygen atoms in total. The molecule has 0 N–H and O–H groups in total. The molecule has 1 aliphatic heterocycles. The van der Waals surface area contributed by atoms with Crippen molar-refractivity contribution in [3.8, 4) is 5.75 Å². The van der Waals surface area contributed by atoms with Crippen molar-refractivity contribution in [1.82, 2.24) is 9.21 Å². The van der Waals surface area contributed by atoms with Gasteiger partial charge in [0.1, 0.15) is 12.4 Å². The summed E-state index contributed by atoms with van der Waals surface area (Å²) in [4.78, 5) is 16.7. The Morgan fingerprint density at radius 1 is 1.11 bits per heavy atom. The number of ether oxygens (including phenoxy) is 1. The normalized spacial score (nSPS) is 15.6. The first-order valence-corrected chi connectivity index (χ1v) is 13.8. The van der Waals surface area contributed by atoms with Gasteiger partial charge in [0.2, 0.25) is 15.9 Å². The topological polar surface area (TPSA) is 66.9 Å². The Morgan fingerprint density at radius 2 is 1.77 bits per heavy atom. The lowest BCUT2D eigenvalue weighted by atomic mass is 10.0. The first-order valence-electron chi connectivity index (χ1n) is 11.5. The molecule has 1 atom stereocenters. The molecule has 0 bridgehead atoms. The number of carbonyl (C=O) groups excluding carboxylic acids is 1. The van der Waals surface area contributed by atoms with Crippen LogP contribution in [0.2, 0.25) is 0 Å². The van der Waals surface area contributed by atoms with E-state index in [1.165, 1.54) is 15.3 Å². The molecule has 0 spiro atoms. The number of hydrogen-bond donors (Lipinski definition) is 0. The maximum Gasteiger partial charge on any atom is 0.243 e. The SMILES string of the molecule is C=CCN(CC(=O)N1CCc2sccc2C1COc1ccc(C)cc1)S(=O)(=O)c1ccc(C)cc1. The highest BCUT2D eigenvalue weighted by Crippen LogP contribution is 2.34. The molecule has 8 heteroatoms. The van der Waals surface area contributed by atoms with Gasteiger partial charge in [-0.2, -0.15) is 4.31 Å². The van der Waals surface area contributed by atoms with E-state index in [4.69, 9.17) is 4.74 Å². The lowest BCUT2D eigenvalue weighted by Crippen LogP contribution is -2.47. The van der Waals surface area contributed by atoms with E-state index in [2.05, 4.69) is 6.58 Å². The molecule has 2 aromatic carbocycles. The van der Waals surface area contributed by atoms with Crippen LogP contribution in [0.1, 0.15) is 27.6 Å². The van der Waals surface area contributed by atoms with E-state index in [-0.39, 0.29) is 29.9 Å². The molecule has 0 aliphatic carbocycles. The fourth-order valence-electron chi connectivity index (χ4n) is 4.18. The van der Waals surface area contributed by atoms with Gasteiger partial charge in [0.05, 0.1) is 17.5 Å². The van der Waals surface area contributed by atoms with Crippen molar-refractivity contribution >= 4 is 27.3 Å². The van der Waals surface area contributed by atoms with E-state index in [1.807, 2.05) is 49.6 Å². The van der Waals surface area contributed by atoms with Crippen LogP contribution in [-0.2, 0) is 21.2 Å². The maximum absolute atomic E-state index is 13.5. The summed E-state index contributed by atoms with van der Waals surface area (Å²) in [5, 5.41) is 2.03. The van der Waals surface area contributed by atoms with E-state index in [1.54, 1.807) is 40.5 Å². The first kappa shape index (κ1) is 25.2. The van der Waals surface area contributed by atoms with Gasteiger partial charge < -0.3 is 9.64 Å². The zero-order valence-corrected chi connectivity index (χ0v) is 21.6. The second-order valence-corrected chi connectivity index (χ2v) is 11.6. The molecule has 4 rings (SSSR count). The standard InChI is InChI=1S/C27H30N2O4S2/c1-4-15-28(35(31,32)23-11-7-21(3)8-12-23)18-27(30)29-16-13-26-24(14-17-34-26)25(29)19-33-22-9-5-20(2)6-10-22/h4-12,14,17,25H,1,13,15-16,18-19H2,2-3H3. The van der Waals surface area contributed by atoms with Crippen LogP contribution in [0.4, 0.5) is 0 Å². The van der Waals surface area contributed by atoms with Crippen molar-refractivity contribution in [1.29, 1.82) is 0 Å². The summed E-state index contributed by atoms with van der Waals surface area (Å²) < 4.78 is 33.9. The number of aryl methyl sites for hydroxylation is 2. The highest BCUT2D eigenvalue weighted by atomic mass is 32.2. The lowest BCUT2D eigenvalue weighted by molar-refractivity contribution is -0.135. The van der Waals surface area contributed by atoms with Crippen LogP contribution in [0.25, 0.3) is 0 Å². The number of amides is 1. The molecule has 2 heterocycles. The Balaban J connectivity index is 1.55. The Bertz CT molecular complexity index is 1280. The van der Waals surface area contributed by atoms with Crippen molar-refractivity contribution in [2.24, 2.45) is 0 Å². The molecule has 0 saturated heterocycles. The van der Waals surface area contributed by atoms with Gasteiger partial charge in [-0.15, -0.1) is 17.9 Å². The number of sulfonamides is 1. The zero-order chi connectivity index (χ0) is 25.0. The number of benzene rings is 2. The Kier molecular flexibility index (Phi) is 7.74. The molecule has 184 valence electrons. The van der Waals surface area contributed by atoms with Gasteiger partial charge >= 0.3 is 0 Å². The van der Waals surface area contributed by atoms with Crippen LogP contribution in [0.3, 0.4) is 0 Å². The number of hydrogen-bond acceptors (Lipinski definition) is 5. The molecule has 35 heavy (non-hydrogen) atoms. The zero-order valence-electron chi connectivity index (χ0n) is 20.0. The number of thiophene rings is 1. The summed E-state index contributed by atoms with van der Waals surface area (Å²) in [5.41, 5.74) is 3.18. The molecule has 1 amide bonds. The summed E-state index contributed by atoms with van der Waals surface area (Å²) in [6.45, 7) is 8.21. The number of rotatable bonds is 9. The second kappa shape index (κ2) is 10.8. The molecular weight excluding hydrogens is 480 g/mol. The molecule has 1 aromatic heterocycles. The van der Waals surface area contributed by atoms with Crippen LogP contribution in [0, 0.1) is 13.8 Å². The maximum atomic E-state index is 13.5. The molecule has 1 unspecified atom stereocenters. The Labute approximate surface area is 211 Å². The average molecular weight is 511 g/mol. The van der Waals surface area contributed by atoms with E-state index < -0.39 is 10.0 Å². The van der Waals surface area contributed by atoms with Crippen LogP contribution in [0.5, 0.6) is 5.75 Å². The fraction of sp³-hybridized carbons (Fsp3) is 0.296. The minimum absolute atomic E-state index is 0.0457. The smallest absolute Gasteiger partial charge is 0.243 e. The van der Waals surface area contributed by atoms with Crippen LogP contribution < -0.4 is 4.74 Å². The molecule has 0 saturated carbocycles. The van der Waals surface area contributed by atoms with Crippen LogP contribution in [-0.4, -0.2) is 49.8 Å². The molecule has 0 fully saturated rings. The van der Waals surface area contributed by atoms with Crippen molar-refractivity contribution < 1.29 is 17.9 Å². The quantitative estimate of drug-likeness (QED) is 0.390. The van der Waals surface area contributed by atoms with E-state index in [0.717, 1.165) is 28.9 Å². The van der Waals surface area contributed by atoms with E-state index in [9.17, 15) is 13.2 Å². The van der Waals surface area contributed by atoms with Crippen molar-refractivity contribution in [3.63, 3.8) is 0 Å². The van der Waals surface area contributed by atoms with E-state index in [0.29, 0.717) is 13.2 Å². The minimum atomic E-state index is -3.85. The molecular formula is C27H30N2O4S2. The summed E-state index contributed by atoms with van der Waals surface area (Å²) in [6, 6.07) is 16.2. The summed E-state index contributed by atoms with van der Waals surface area (Å²) in [6.07, 6.45) is 2.25. The predicted molar refractivity (Wildman–Crippen MR) is 139 cm³/mol. The van der Waals surface area contributed by atoms with E-state index >= 15 is 0 Å². The molecule has 3 aromatic rings. The van der Waals surface area contributed by atoms with Crippen LogP contribution >= 0.6 is 11.3 Å². The fourth-order valence-corrected chi connectivity index (χ4v) is 6.47. The lowest BCUT2D eigenvalue weighted by Gasteiger charge is -2.36. The highest BCUT2D eigenvalue weighted by molar-refractivity contribution is 7.89.